The molecule has 0 saturated carbocycles. The molecule has 2 rings (SSSR count). The number of rotatable bonds is 6. The summed E-state index contributed by atoms with van der Waals surface area (Å²) in [5.41, 5.74) is 2.79. The first-order chi connectivity index (χ1) is 8.75. The number of allylic oxidation sites excluding steroid dienone is 1. The van der Waals surface area contributed by atoms with Crippen molar-refractivity contribution in [2.75, 3.05) is 6.54 Å². The first-order valence-corrected chi connectivity index (χ1v) is 6.37. The predicted octanol–water partition coefficient (Wildman–Crippen LogP) is 3.18. The van der Waals surface area contributed by atoms with Gasteiger partial charge in [0.25, 0.3) is 5.69 Å². The Morgan fingerprint density at radius 1 is 1.28 bits per heavy atom. The zero-order valence-electron chi connectivity index (χ0n) is 10.4. The molecule has 0 unspecified atom stereocenters. The molecule has 18 heavy (non-hydrogen) atoms. The predicted molar refractivity (Wildman–Crippen MR) is 71.4 cm³/mol. The minimum atomic E-state index is -0.371. The summed E-state index contributed by atoms with van der Waals surface area (Å²) < 4.78 is 0. The summed E-state index contributed by atoms with van der Waals surface area (Å²) in [5.74, 6) is 0. The minimum Gasteiger partial charge on any atom is -0.312 e. The molecule has 4 heteroatoms. The third-order valence-corrected chi connectivity index (χ3v) is 3.23. The van der Waals surface area contributed by atoms with Crippen LogP contribution in [0.25, 0.3) is 0 Å². The quantitative estimate of drug-likeness (QED) is 0.363. The second-order valence-corrected chi connectivity index (χ2v) is 4.60. The van der Waals surface area contributed by atoms with E-state index in [1.807, 2.05) is 0 Å². The molecule has 1 aromatic rings. The van der Waals surface area contributed by atoms with Gasteiger partial charge in [-0.2, -0.15) is 0 Å². The lowest BCUT2D eigenvalue weighted by atomic mass is 10.1. The van der Waals surface area contributed by atoms with Gasteiger partial charge in [-0.15, -0.1) is 0 Å². The van der Waals surface area contributed by atoms with Gasteiger partial charge >= 0.3 is 0 Å². The third-order valence-electron chi connectivity index (χ3n) is 3.23. The second kappa shape index (κ2) is 6.31. The molecule has 0 aliphatic heterocycles. The average molecular weight is 246 g/mol. The first-order valence-electron chi connectivity index (χ1n) is 6.37. The lowest BCUT2D eigenvalue weighted by Crippen LogP contribution is -2.15. The second-order valence-electron chi connectivity index (χ2n) is 4.60. The maximum atomic E-state index is 10.5. The summed E-state index contributed by atoms with van der Waals surface area (Å²) in [5, 5.41) is 13.9. The smallest absolute Gasteiger partial charge is 0.269 e. The van der Waals surface area contributed by atoms with Crippen LogP contribution in [0.1, 0.15) is 31.2 Å². The summed E-state index contributed by atoms with van der Waals surface area (Å²) in [6.07, 6.45) is 7.25. The van der Waals surface area contributed by atoms with E-state index >= 15 is 0 Å². The summed E-state index contributed by atoms with van der Waals surface area (Å²) in [6, 6.07) is 6.72. The number of benzene rings is 1. The molecule has 96 valence electrons. The van der Waals surface area contributed by atoms with Crippen molar-refractivity contribution >= 4 is 5.69 Å². The van der Waals surface area contributed by atoms with Crippen LogP contribution in [-0.4, -0.2) is 11.5 Å². The van der Waals surface area contributed by atoms with Crippen LogP contribution < -0.4 is 5.32 Å². The Balaban J connectivity index is 1.71. The standard InChI is InChI=1S/C14H18N2O2/c17-16(18)14-7-5-13(6-8-14)11-15-10-9-12-3-1-2-4-12/h3,5-8,15H,1-2,4,9-11H2. The van der Waals surface area contributed by atoms with E-state index in [9.17, 15) is 10.1 Å². The fourth-order valence-corrected chi connectivity index (χ4v) is 2.18. The molecule has 0 atom stereocenters. The van der Waals surface area contributed by atoms with Gasteiger partial charge in [0.05, 0.1) is 4.92 Å². The summed E-state index contributed by atoms with van der Waals surface area (Å²) in [6.45, 7) is 1.74. The summed E-state index contributed by atoms with van der Waals surface area (Å²) in [7, 11) is 0. The van der Waals surface area contributed by atoms with Crippen molar-refractivity contribution in [1.29, 1.82) is 0 Å². The molecule has 0 saturated heterocycles. The monoisotopic (exact) mass is 246 g/mol. The molecule has 1 aliphatic carbocycles. The van der Waals surface area contributed by atoms with E-state index in [0.717, 1.165) is 25.1 Å². The average Bonchev–Trinajstić information content (AvgIpc) is 2.88. The van der Waals surface area contributed by atoms with Crippen molar-refractivity contribution in [3.63, 3.8) is 0 Å². The number of hydrogen-bond donors (Lipinski definition) is 1. The van der Waals surface area contributed by atoms with Crippen LogP contribution >= 0.6 is 0 Å². The Kier molecular flexibility index (Phi) is 4.47. The molecule has 0 radical (unpaired) electrons. The van der Waals surface area contributed by atoms with E-state index in [2.05, 4.69) is 11.4 Å². The van der Waals surface area contributed by atoms with Gasteiger partial charge < -0.3 is 5.32 Å². The SMILES string of the molecule is O=[N+]([O-])c1ccc(CNCCC2=CCCC2)cc1. The highest BCUT2D eigenvalue weighted by Gasteiger charge is 2.05. The number of nitrogens with zero attached hydrogens (tertiary/aromatic N) is 1. The highest BCUT2D eigenvalue weighted by molar-refractivity contribution is 5.32. The maximum absolute atomic E-state index is 10.5. The zero-order chi connectivity index (χ0) is 12.8. The van der Waals surface area contributed by atoms with E-state index in [4.69, 9.17) is 0 Å². The largest absolute Gasteiger partial charge is 0.312 e. The molecule has 1 aromatic carbocycles. The van der Waals surface area contributed by atoms with Crippen LogP contribution in [0.3, 0.4) is 0 Å². The molecule has 0 aromatic heterocycles. The number of non-ortho nitro benzene ring substituents is 1. The Morgan fingerprint density at radius 2 is 2.06 bits per heavy atom. The van der Waals surface area contributed by atoms with Crippen molar-refractivity contribution < 1.29 is 4.92 Å². The fourth-order valence-electron chi connectivity index (χ4n) is 2.18. The van der Waals surface area contributed by atoms with Gasteiger partial charge in [-0.3, -0.25) is 10.1 Å². The normalized spacial score (nSPS) is 14.6. The number of nitrogens with one attached hydrogen (secondary N) is 1. The van der Waals surface area contributed by atoms with Crippen molar-refractivity contribution in [2.24, 2.45) is 0 Å². The summed E-state index contributed by atoms with van der Waals surface area (Å²) >= 11 is 0. The van der Waals surface area contributed by atoms with E-state index in [1.165, 1.54) is 19.3 Å². The van der Waals surface area contributed by atoms with Gasteiger partial charge in [-0.25, -0.2) is 0 Å². The minimum absolute atomic E-state index is 0.148. The molecular weight excluding hydrogens is 228 g/mol. The van der Waals surface area contributed by atoms with E-state index < -0.39 is 0 Å². The fraction of sp³-hybridized carbons (Fsp3) is 0.429. The van der Waals surface area contributed by atoms with E-state index in [-0.39, 0.29) is 10.6 Å². The third kappa shape index (κ3) is 3.67. The van der Waals surface area contributed by atoms with Crippen LogP contribution in [0.2, 0.25) is 0 Å². The molecule has 1 N–H and O–H groups in total. The van der Waals surface area contributed by atoms with Crippen molar-refractivity contribution in [3.05, 3.63) is 51.6 Å². The number of nitro groups is 1. The Morgan fingerprint density at radius 3 is 2.67 bits per heavy atom. The maximum Gasteiger partial charge on any atom is 0.269 e. The first kappa shape index (κ1) is 12.8. The molecule has 0 amide bonds. The van der Waals surface area contributed by atoms with Crippen LogP contribution in [0, 0.1) is 10.1 Å². The summed E-state index contributed by atoms with van der Waals surface area (Å²) in [4.78, 5) is 10.1. The molecule has 0 heterocycles. The van der Waals surface area contributed by atoms with Gasteiger partial charge in [-0.1, -0.05) is 23.8 Å². The van der Waals surface area contributed by atoms with Crippen LogP contribution in [0.5, 0.6) is 0 Å². The van der Waals surface area contributed by atoms with E-state index in [1.54, 1.807) is 29.8 Å². The lowest BCUT2D eigenvalue weighted by molar-refractivity contribution is -0.384. The number of nitro benzene ring substituents is 1. The Bertz CT molecular complexity index is 438. The Labute approximate surface area is 107 Å². The van der Waals surface area contributed by atoms with Gasteiger partial charge in [0, 0.05) is 18.7 Å². The topological polar surface area (TPSA) is 55.2 Å². The molecular formula is C14H18N2O2. The van der Waals surface area contributed by atoms with Crippen LogP contribution in [0.4, 0.5) is 5.69 Å². The zero-order valence-corrected chi connectivity index (χ0v) is 10.4. The highest BCUT2D eigenvalue weighted by Crippen LogP contribution is 2.19. The van der Waals surface area contributed by atoms with Crippen molar-refractivity contribution in [3.8, 4) is 0 Å². The van der Waals surface area contributed by atoms with Crippen LogP contribution in [0.15, 0.2) is 35.9 Å². The van der Waals surface area contributed by atoms with Gasteiger partial charge in [0.2, 0.25) is 0 Å². The van der Waals surface area contributed by atoms with Crippen molar-refractivity contribution in [1.82, 2.24) is 5.32 Å². The van der Waals surface area contributed by atoms with Crippen LogP contribution in [-0.2, 0) is 6.54 Å². The molecule has 4 nitrogen and oxygen atoms in total. The molecule has 0 bridgehead atoms. The molecule has 0 fully saturated rings. The van der Waals surface area contributed by atoms with Gasteiger partial charge in [0.1, 0.15) is 0 Å². The molecule has 0 spiro atoms. The van der Waals surface area contributed by atoms with E-state index in [0.29, 0.717) is 0 Å². The van der Waals surface area contributed by atoms with Gasteiger partial charge in [-0.05, 0) is 37.8 Å². The van der Waals surface area contributed by atoms with Crippen molar-refractivity contribution in [2.45, 2.75) is 32.2 Å². The highest BCUT2D eigenvalue weighted by atomic mass is 16.6. The lowest BCUT2D eigenvalue weighted by Gasteiger charge is -2.05. The number of hydrogen-bond acceptors (Lipinski definition) is 3. The van der Waals surface area contributed by atoms with Gasteiger partial charge in [0.15, 0.2) is 0 Å². The Hall–Kier alpha value is -1.68. The molecule has 1 aliphatic rings.